The van der Waals surface area contributed by atoms with Crippen LogP contribution in [0, 0.1) is 23.7 Å². The van der Waals surface area contributed by atoms with Crippen LogP contribution in [0.2, 0.25) is 0 Å². The highest BCUT2D eigenvalue weighted by molar-refractivity contribution is 5.83. The lowest BCUT2D eigenvalue weighted by molar-refractivity contribution is -0.318. The molecule has 2 unspecified atom stereocenters. The molecule has 0 bridgehead atoms. The number of hydrogen-bond donors (Lipinski definition) is 5. The minimum atomic E-state index is -1.99. The molecule has 14 heteroatoms. The van der Waals surface area contributed by atoms with E-state index in [4.69, 9.17) is 28.4 Å². The molecule has 51 heavy (non-hydrogen) atoms. The van der Waals surface area contributed by atoms with Crippen LogP contribution in [-0.4, -0.2) is 148 Å². The van der Waals surface area contributed by atoms with Crippen molar-refractivity contribution in [3.05, 3.63) is 0 Å². The van der Waals surface area contributed by atoms with Crippen molar-refractivity contribution in [1.82, 2.24) is 4.90 Å². The Hall–Kier alpha value is -1.30. The van der Waals surface area contributed by atoms with E-state index >= 15 is 0 Å². The fraction of sp³-hybridized carbons (Fsp3) is 0.946. The van der Waals surface area contributed by atoms with Crippen molar-refractivity contribution in [2.75, 3.05) is 21.2 Å². The summed E-state index contributed by atoms with van der Waals surface area (Å²) in [5.41, 5.74) is -4.84. The number of nitrogens with zero attached hydrogens (tertiary/aromatic N) is 1. The number of ketones is 1. The zero-order chi connectivity index (χ0) is 39.0. The van der Waals surface area contributed by atoms with Gasteiger partial charge in [0.15, 0.2) is 12.6 Å². The summed E-state index contributed by atoms with van der Waals surface area (Å²) >= 11 is 0. The van der Waals surface area contributed by atoms with Gasteiger partial charge < -0.3 is 58.9 Å². The first kappa shape index (κ1) is 44.1. The summed E-state index contributed by atoms with van der Waals surface area (Å²) in [5.74, 6) is -4.98. The summed E-state index contributed by atoms with van der Waals surface area (Å²) in [6, 6.07) is -0.324. The second kappa shape index (κ2) is 17.0. The average Bonchev–Trinajstić information content (AvgIpc) is 3.05. The fourth-order valence-corrected chi connectivity index (χ4v) is 8.41. The summed E-state index contributed by atoms with van der Waals surface area (Å²) < 4.78 is 37.1. The largest absolute Gasteiger partial charge is 0.459 e. The molecule has 298 valence electrons. The lowest BCUT2D eigenvalue weighted by Gasteiger charge is -2.49. The highest BCUT2D eigenvalue weighted by atomic mass is 16.7. The number of ether oxygens (including phenoxy) is 6. The van der Waals surface area contributed by atoms with Crippen molar-refractivity contribution in [3.8, 4) is 0 Å². The SMILES string of the molecule is CCC1OC(=O)[C@H](C)C(O[C@H]2C[C@](C)(OC)[C@@H](O)[C@H](C)O2)[C@H](C)[C@@H](O[C@@H]2O[C@H](C)C[C@H](N(C)C)[C@H]2O)[C@](C)(O)C[C@@H](C)C(=O)[C@H](C)[C@@H](O)[C@]1(C)O. The predicted octanol–water partition coefficient (Wildman–Crippen LogP) is 1.79. The van der Waals surface area contributed by atoms with Crippen LogP contribution in [0.15, 0.2) is 0 Å². The molecule has 3 saturated heterocycles. The molecule has 0 aromatic heterocycles. The Morgan fingerprint density at radius 1 is 0.882 bits per heavy atom. The molecule has 3 fully saturated rings. The van der Waals surface area contributed by atoms with Crippen LogP contribution < -0.4 is 0 Å². The second-order valence-corrected chi connectivity index (χ2v) is 16.5. The maximum Gasteiger partial charge on any atom is 0.311 e. The quantitative estimate of drug-likeness (QED) is 0.238. The van der Waals surface area contributed by atoms with Gasteiger partial charge in [-0.1, -0.05) is 27.7 Å². The fourth-order valence-electron chi connectivity index (χ4n) is 8.41. The van der Waals surface area contributed by atoms with E-state index in [9.17, 15) is 35.1 Å². The van der Waals surface area contributed by atoms with Crippen LogP contribution in [-0.2, 0) is 38.0 Å². The monoisotopic (exact) mass is 733 g/mol. The topological polar surface area (TPSA) is 194 Å². The third-order valence-electron chi connectivity index (χ3n) is 11.8. The van der Waals surface area contributed by atoms with Gasteiger partial charge in [-0.3, -0.25) is 9.59 Å². The molecule has 3 aliphatic heterocycles. The van der Waals surface area contributed by atoms with Gasteiger partial charge in [-0.15, -0.1) is 0 Å². The van der Waals surface area contributed by atoms with E-state index in [0.717, 1.165) is 0 Å². The van der Waals surface area contributed by atoms with E-state index in [0.29, 0.717) is 6.42 Å². The lowest BCUT2D eigenvalue weighted by Crippen LogP contribution is -2.61. The summed E-state index contributed by atoms with van der Waals surface area (Å²) in [6.45, 7) is 16.3. The summed E-state index contributed by atoms with van der Waals surface area (Å²) in [6.07, 6.45) is -9.71. The van der Waals surface area contributed by atoms with Crippen molar-refractivity contribution in [3.63, 3.8) is 0 Å². The number of esters is 1. The average molecular weight is 734 g/mol. The van der Waals surface area contributed by atoms with E-state index in [1.165, 1.54) is 27.9 Å². The van der Waals surface area contributed by atoms with Crippen molar-refractivity contribution in [1.29, 1.82) is 0 Å². The lowest BCUT2D eigenvalue weighted by atomic mass is 9.74. The second-order valence-electron chi connectivity index (χ2n) is 16.5. The number of Topliss-reactive ketones (excluding diaryl/α,β-unsaturated/α-hetero) is 1. The van der Waals surface area contributed by atoms with E-state index in [1.807, 2.05) is 25.9 Å². The Bertz CT molecular complexity index is 1170. The van der Waals surface area contributed by atoms with Crippen molar-refractivity contribution >= 4 is 11.8 Å². The van der Waals surface area contributed by atoms with Crippen LogP contribution in [0.5, 0.6) is 0 Å². The maximum atomic E-state index is 14.1. The standard InChI is InChI=1S/C37H67NO13/c1-14-25-37(10,45)30(41)20(4)27(39)18(2)16-35(8,44)32(51-34-28(40)24(38(11)12)15-19(3)47-34)21(5)29(22(6)33(43)49-25)50-26-17-36(9,46-13)31(42)23(7)48-26/h18-26,28-32,34,40-42,44-45H,14-17H2,1-13H3/t18-,19-,20+,21+,22-,23+,24+,25?,26+,28-,29?,30-,31+,32-,34+,35-,36+,37-/m1/s1. The van der Waals surface area contributed by atoms with Crippen LogP contribution in [0.4, 0.5) is 0 Å². The van der Waals surface area contributed by atoms with Crippen molar-refractivity contribution in [2.45, 2.75) is 179 Å². The number of hydrogen-bond acceptors (Lipinski definition) is 14. The van der Waals surface area contributed by atoms with Gasteiger partial charge in [-0.05, 0) is 74.9 Å². The molecule has 5 N–H and O–H groups in total. The third kappa shape index (κ3) is 9.51. The van der Waals surface area contributed by atoms with Gasteiger partial charge >= 0.3 is 5.97 Å². The maximum absolute atomic E-state index is 14.1. The number of rotatable bonds is 7. The first-order valence-electron chi connectivity index (χ1n) is 18.5. The number of aliphatic hydroxyl groups excluding tert-OH is 3. The number of likely N-dealkylation sites (N-methyl/N-ethyl adjacent to an activating group) is 1. The number of carbonyl (C=O) groups is 2. The number of carbonyl (C=O) groups excluding carboxylic acids is 2. The molecule has 0 aliphatic carbocycles. The molecule has 3 heterocycles. The molecule has 0 aromatic carbocycles. The molecule has 0 saturated carbocycles. The molecule has 0 radical (unpaired) electrons. The van der Waals surface area contributed by atoms with Crippen LogP contribution in [0.3, 0.4) is 0 Å². The van der Waals surface area contributed by atoms with Crippen LogP contribution >= 0.6 is 0 Å². The third-order valence-corrected chi connectivity index (χ3v) is 11.8. The van der Waals surface area contributed by atoms with E-state index in [2.05, 4.69) is 0 Å². The van der Waals surface area contributed by atoms with Crippen molar-refractivity contribution in [2.24, 2.45) is 23.7 Å². The molecular formula is C37H67NO13. The highest BCUT2D eigenvalue weighted by Gasteiger charge is 2.53. The zero-order valence-corrected chi connectivity index (χ0v) is 32.9. The first-order valence-corrected chi connectivity index (χ1v) is 18.5. The summed E-state index contributed by atoms with van der Waals surface area (Å²) in [4.78, 5) is 29.8. The molecule has 3 aliphatic rings. The van der Waals surface area contributed by atoms with E-state index in [1.54, 1.807) is 41.5 Å². The molecule has 14 nitrogen and oxygen atoms in total. The van der Waals surface area contributed by atoms with E-state index < -0.39 is 108 Å². The molecular weight excluding hydrogens is 666 g/mol. The molecule has 0 aromatic rings. The Kier molecular flexibility index (Phi) is 14.7. The smallest absolute Gasteiger partial charge is 0.311 e. The first-order chi connectivity index (χ1) is 23.4. The summed E-state index contributed by atoms with van der Waals surface area (Å²) in [5, 5.41) is 57.6. The Morgan fingerprint density at radius 3 is 2.04 bits per heavy atom. The van der Waals surface area contributed by atoms with Crippen LogP contribution in [0.25, 0.3) is 0 Å². The van der Waals surface area contributed by atoms with Crippen LogP contribution in [0.1, 0.15) is 94.9 Å². The van der Waals surface area contributed by atoms with Gasteiger partial charge in [-0.2, -0.15) is 0 Å². The Balaban J connectivity index is 2.18. The number of aliphatic hydroxyl groups is 5. The highest BCUT2D eigenvalue weighted by Crippen LogP contribution is 2.40. The Morgan fingerprint density at radius 2 is 1.49 bits per heavy atom. The van der Waals surface area contributed by atoms with Gasteiger partial charge in [0.25, 0.3) is 0 Å². The van der Waals surface area contributed by atoms with Gasteiger partial charge in [-0.25, -0.2) is 0 Å². The summed E-state index contributed by atoms with van der Waals surface area (Å²) in [7, 11) is 5.18. The molecule has 0 spiro atoms. The molecule has 0 amide bonds. The minimum Gasteiger partial charge on any atom is -0.459 e. The molecule has 18 atom stereocenters. The Labute approximate surface area is 304 Å². The zero-order valence-electron chi connectivity index (χ0n) is 32.9. The van der Waals surface area contributed by atoms with Gasteiger partial charge in [0, 0.05) is 37.3 Å². The number of methoxy groups -OCH3 is 1. The normalized spacial score (nSPS) is 49.7. The minimum absolute atomic E-state index is 0.0936. The van der Waals surface area contributed by atoms with Gasteiger partial charge in [0.2, 0.25) is 0 Å². The van der Waals surface area contributed by atoms with E-state index in [-0.39, 0.29) is 31.4 Å². The van der Waals surface area contributed by atoms with Gasteiger partial charge in [0.1, 0.15) is 29.7 Å². The van der Waals surface area contributed by atoms with Gasteiger partial charge in [0.05, 0.1) is 47.6 Å². The molecule has 3 rings (SSSR count). The predicted molar refractivity (Wildman–Crippen MR) is 186 cm³/mol. The number of cyclic esters (lactones) is 1. The van der Waals surface area contributed by atoms with Crippen molar-refractivity contribution < 1.29 is 63.5 Å².